The predicted octanol–water partition coefficient (Wildman–Crippen LogP) is 26.5. The maximum absolute atomic E-state index is 8.17. The second-order valence-corrected chi connectivity index (χ2v) is 34.7. The van der Waals surface area contributed by atoms with Gasteiger partial charge in [0.1, 0.15) is 97.2 Å². The Labute approximate surface area is 760 Å². The van der Waals surface area contributed by atoms with Gasteiger partial charge in [0.15, 0.2) is 17.0 Å². The Morgan fingerprint density at radius 3 is 1.02 bits per heavy atom. The summed E-state index contributed by atoms with van der Waals surface area (Å²) >= 11 is 0. The van der Waals surface area contributed by atoms with E-state index in [1.54, 1.807) is 18.6 Å². The molecule has 0 fully saturated rings. The maximum Gasteiger partial charge on any atom is 0.334 e. The Bertz CT molecular complexity index is 8970. The minimum atomic E-state index is -2.25. The van der Waals surface area contributed by atoms with Crippen molar-refractivity contribution in [1.82, 2.24) is 24.9 Å². The van der Waals surface area contributed by atoms with Gasteiger partial charge in [-0.2, -0.15) is 0 Å². The van der Waals surface area contributed by atoms with Gasteiger partial charge in [0, 0.05) is 102 Å². The molecule has 0 N–H and O–H groups in total. The topological polar surface area (TPSA) is 150 Å². The van der Waals surface area contributed by atoms with Gasteiger partial charge in [-0.1, -0.05) is 190 Å². The van der Waals surface area contributed by atoms with Crippen molar-refractivity contribution in [1.29, 1.82) is 0 Å². The van der Waals surface area contributed by atoms with E-state index in [0.717, 1.165) is 145 Å². The molecule has 0 saturated heterocycles. The third kappa shape index (κ3) is 14.0. The molecule has 636 valence electrons. The third-order valence-corrected chi connectivity index (χ3v) is 26.5. The normalized spacial score (nSPS) is 12.1. The maximum atomic E-state index is 8.17. The molecular formula is C116H97N10O5+5. The molecule has 25 rings (SSSR count). The molecule has 0 aliphatic heterocycles. The number of benzene rings is 15. The lowest BCUT2D eigenvalue weighted by Crippen LogP contribution is -2.31. The smallest absolute Gasteiger partial charge is 0.334 e. The van der Waals surface area contributed by atoms with Crippen LogP contribution in [0.1, 0.15) is 65.6 Å². The number of aromatic nitrogens is 10. The summed E-state index contributed by atoms with van der Waals surface area (Å²) in [5.74, 6) is 0.919. The Hall–Kier alpha value is -16.0. The average molecular weight is 1710 g/mol. The van der Waals surface area contributed by atoms with Gasteiger partial charge in [-0.25, -0.2) is 22.8 Å². The van der Waals surface area contributed by atoms with Crippen LogP contribution in [0.3, 0.4) is 0 Å². The van der Waals surface area contributed by atoms with E-state index in [0.29, 0.717) is 22.1 Å². The van der Waals surface area contributed by atoms with E-state index in [-0.39, 0.29) is 0 Å². The minimum absolute atomic E-state index is 0.320. The zero-order valence-corrected chi connectivity index (χ0v) is 75.8. The summed E-state index contributed by atoms with van der Waals surface area (Å²) in [7, 11) is 10.0. The molecule has 25 aromatic rings. The zero-order valence-electron chi connectivity index (χ0n) is 78.8. The van der Waals surface area contributed by atoms with Crippen LogP contribution in [0.25, 0.3) is 220 Å². The first-order valence-corrected chi connectivity index (χ1v) is 44.1. The van der Waals surface area contributed by atoms with Crippen molar-refractivity contribution < 1.29 is 49.0 Å². The van der Waals surface area contributed by atoms with Crippen molar-refractivity contribution in [2.45, 2.75) is 76.1 Å². The van der Waals surface area contributed by atoms with Crippen LogP contribution in [-0.2, 0) is 35.2 Å². The molecule has 0 unspecified atom stereocenters. The summed E-state index contributed by atoms with van der Waals surface area (Å²) in [6.45, 7) is 18.8. The summed E-state index contributed by atoms with van der Waals surface area (Å²) in [6.07, 6.45) is 14.7. The standard InChI is InChI=1S/C24H21N2O.4C23H19N2O/c1-14-11-19-23-18-8-6-5-7-17(18)9-10-21(23)27-24(19)22(16(14)3)20-12-15(2)25-13-26(20)4;1-14-13-18-21-17-8-5-4-7-16(17)9-10-19(21)26-22(18)20(15(14)2)23-24-11-6-12-25(23)3;1-14-8-10-18-22-17-7-5-4-6-16(17)9-11-20(22)26-23(18)21(14)19-12-15(2)24-13-25(19)3;1-14-12-18-22-17-7-5-4-6-16(17)8-9-20(22)26-23(18)21(15(14)2)19-10-11-24-13-25(19)3;1-14-12-15(2)21-22-17-7-5-4-6-16(17)8-9-19(22)26-23(21)20(14)18-10-11-24-13-25(18)3/h5-13H,1-4H3;4*4-13H,1-3H3/q5*+1/i;;;;2D3. The Morgan fingerprint density at radius 2 is 0.595 bits per heavy atom. The molecule has 0 amide bonds. The van der Waals surface area contributed by atoms with Crippen molar-refractivity contribution in [2.24, 2.45) is 35.2 Å². The van der Waals surface area contributed by atoms with Crippen molar-refractivity contribution >= 4 is 164 Å². The van der Waals surface area contributed by atoms with Gasteiger partial charge in [0.25, 0.3) is 25.3 Å². The van der Waals surface area contributed by atoms with Crippen LogP contribution in [0.4, 0.5) is 0 Å². The van der Waals surface area contributed by atoms with Gasteiger partial charge in [0.2, 0.25) is 0 Å². The third-order valence-electron chi connectivity index (χ3n) is 26.5. The van der Waals surface area contributed by atoms with Crippen LogP contribution < -0.4 is 22.8 Å². The molecule has 0 aliphatic rings. The quantitative estimate of drug-likeness (QED) is 0.152. The van der Waals surface area contributed by atoms with Crippen LogP contribution in [-0.4, -0.2) is 24.9 Å². The molecule has 10 heterocycles. The van der Waals surface area contributed by atoms with Crippen molar-refractivity contribution in [3.63, 3.8) is 0 Å². The summed E-state index contributed by atoms with van der Waals surface area (Å²) < 4.78 is 66.6. The number of nitrogens with zero attached hydrogens (tertiary/aromatic N) is 10. The first kappa shape index (κ1) is 78.5. The van der Waals surface area contributed by atoms with Crippen LogP contribution in [0.2, 0.25) is 0 Å². The molecular weight excluding hydrogens is 1610 g/mol. The second kappa shape index (κ2) is 32.7. The summed E-state index contributed by atoms with van der Waals surface area (Å²) in [4.78, 5) is 21.8. The number of aryl methyl sites for hydroxylation is 13. The summed E-state index contributed by atoms with van der Waals surface area (Å²) in [5, 5.41) is 22.8. The van der Waals surface area contributed by atoms with Gasteiger partial charge < -0.3 is 22.1 Å². The molecule has 0 spiro atoms. The van der Waals surface area contributed by atoms with Gasteiger partial charge >= 0.3 is 5.82 Å². The first-order chi connectivity index (χ1) is 64.8. The second-order valence-electron chi connectivity index (χ2n) is 34.7. The van der Waals surface area contributed by atoms with E-state index < -0.39 is 6.85 Å². The first-order valence-electron chi connectivity index (χ1n) is 45.6. The highest BCUT2D eigenvalue weighted by Crippen LogP contribution is 2.48. The number of rotatable bonds is 5. The number of hydrogen-bond acceptors (Lipinski definition) is 10. The van der Waals surface area contributed by atoms with E-state index >= 15 is 0 Å². The highest BCUT2D eigenvalue weighted by atomic mass is 16.3. The molecule has 0 atom stereocenters. The van der Waals surface area contributed by atoms with E-state index in [1.165, 1.54) is 114 Å². The summed E-state index contributed by atoms with van der Waals surface area (Å²) in [6, 6.07) is 85.8. The predicted molar refractivity (Wildman–Crippen MR) is 530 cm³/mol. The highest BCUT2D eigenvalue weighted by molar-refractivity contribution is 6.26. The lowest BCUT2D eigenvalue weighted by atomic mass is 9.95. The molecule has 15 nitrogen and oxygen atoms in total. The monoisotopic (exact) mass is 1710 g/mol. The SMILES string of the molecule is Cc1cc(-c2c(C)c(C)cc3c2oc2ccc4ccccc4c23)[n+](C)cn1.Cc1cc(-c2c(C)ccc3c2oc2ccc4ccccc4c23)[n+](C)cn1.Cc1cc2c(oc3ccc4ccccc4c32)c(-c2ccnc[n+]2C)c1C.Cc1cc2c(oc3ccc4ccccc4c32)c(-c2nccc[n+]2C)c1C.[2H]C([2H])([2H])c1cc(C)c(-c2ccnc[n+]2C)c2oc3ccc4ccccc4c3c12. The average Bonchev–Trinajstić information content (AvgIpc) is 1.51. The molecule has 15 aromatic carbocycles. The van der Waals surface area contributed by atoms with Gasteiger partial charge in [-0.3, -0.25) is 0 Å². The fourth-order valence-electron chi connectivity index (χ4n) is 19.5. The Balaban J connectivity index is 0.000000101. The highest BCUT2D eigenvalue weighted by Gasteiger charge is 2.30. The molecule has 131 heavy (non-hydrogen) atoms. The molecule has 0 radical (unpaired) electrons. The van der Waals surface area contributed by atoms with Crippen molar-refractivity contribution in [2.75, 3.05) is 0 Å². The van der Waals surface area contributed by atoms with E-state index in [1.807, 2.05) is 162 Å². The lowest BCUT2D eigenvalue weighted by Gasteiger charge is -2.10. The van der Waals surface area contributed by atoms with Crippen molar-refractivity contribution in [3.8, 4) is 56.4 Å². The Kier molecular flexibility index (Phi) is 19.6. The van der Waals surface area contributed by atoms with Crippen LogP contribution in [0, 0.1) is 76.1 Å². The van der Waals surface area contributed by atoms with Crippen LogP contribution in [0.15, 0.2) is 321 Å². The van der Waals surface area contributed by atoms with E-state index in [2.05, 4.69) is 271 Å². The molecule has 10 aromatic heterocycles. The number of furan rings is 5. The molecule has 15 heteroatoms. The Morgan fingerprint density at radius 1 is 0.244 bits per heavy atom. The van der Waals surface area contributed by atoms with E-state index in [4.69, 9.17) is 26.2 Å². The zero-order chi connectivity index (χ0) is 92.6. The fraction of sp³-hybridized carbons (Fsp3) is 0.138. The van der Waals surface area contributed by atoms with Crippen molar-refractivity contribution in [3.05, 3.63) is 360 Å². The van der Waals surface area contributed by atoms with Gasteiger partial charge in [0.05, 0.1) is 63.7 Å². The van der Waals surface area contributed by atoms with Crippen LogP contribution in [0.5, 0.6) is 0 Å². The minimum Gasteiger partial charge on any atom is -0.455 e. The lowest BCUT2D eigenvalue weighted by molar-refractivity contribution is -0.663. The van der Waals surface area contributed by atoms with Crippen LogP contribution >= 0.6 is 0 Å². The van der Waals surface area contributed by atoms with Gasteiger partial charge in [-0.15, -0.1) is 0 Å². The fourth-order valence-corrected chi connectivity index (χ4v) is 19.5. The summed E-state index contributed by atoms with van der Waals surface area (Å²) in [5.41, 5.74) is 30.2. The number of fused-ring (bicyclic) bond motifs is 25. The van der Waals surface area contributed by atoms with Gasteiger partial charge in [-0.05, 0) is 220 Å². The molecule has 0 bridgehead atoms. The molecule has 0 aliphatic carbocycles. The molecule has 0 saturated carbocycles. The van der Waals surface area contributed by atoms with E-state index in [9.17, 15) is 0 Å². The largest absolute Gasteiger partial charge is 0.455 e. The number of hydrogen-bond donors (Lipinski definition) is 0.